The molecule has 260 valence electrons. The predicted octanol–water partition coefficient (Wildman–Crippen LogP) is 10.9. The summed E-state index contributed by atoms with van der Waals surface area (Å²) in [5, 5.41) is 23.0. The molecule has 4 nitrogen and oxygen atoms in total. The van der Waals surface area contributed by atoms with Crippen LogP contribution in [0.5, 0.6) is 11.5 Å². The Kier molecular flexibility index (Phi) is 26.2. The van der Waals surface area contributed by atoms with Crippen LogP contribution in [0.1, 0.15) is 59.6 Å². The van der Waals surface area contributed by atoms with Crippen LogP contribution < -0.4 is 0 Å². The number of phenolic OH excluding ortho intramolecular Hbond substituents is 2. The van der Waals surface area contributed by atoms with Gasteiger partial charge in [0.25, 0.3) is 0 Å². The van der Waals surface area contributed by atoms with Crippen molar-refractivity contribution in [2.24, 2.45) is 9.98 Å². The third-order valence-corrected chi connectivity index (χ3v) is 7.34. The van der Waals surface area contributed by atoms with Crippen LogP contribution >= 0.6 is 18.5 Å². The van der Waals surface area contributed by atoms with Crippen LogP contribution in [0.2, 0.25) is 0 Å². The van der Waals surface area contributed by atoms with Gasteiger partial charge in [-0.3, -0.25) is 9.98 Å². The van der Waals surface area contributed by atoms with Gasteiger partial charge in [-0.2, -0.15) is 19.3 Å². The van der Waals surface area contributed by atoms with E-state index in [-0.39, 0.29) is 44.5 Å². The first-order chi connectivity index (χ1) is 21.6. The van der Waals surface area contributed by atoms with Crippen LogP contribution in [0, 0.1) is 41.0 Å². The summed E-state index contributed by atoms with van der Waals surface area (Å²) >= 11 is 0. The van der Waals surface area contributed by atoms with E-state index >= 15 is 0 Å². The van der Waals surface area contributed by atoms with E-state index in [1.165, 1.54) is 19.0 Å². The summed E-state index contributed by atoms with van der Waals surface area (Å²) in [5.74, 6) is -0.00498. The number of rotatable bonds is 8. The Morgan fingerprint density at radius 3 is 1.38 bits per heavy atom. The predicted molar refractivity (Wildman–Crippen MR) is 207 cm³/mol. The summed E-state index contributed by atoms with van der Waals surface area (Å²) in [7, 11) is 5.29. The molecule has 47 heavy (non-hydrogen) atoms. The molecule has 0 saturated carbocycles. The van der Waals surface area contributed by atoms with Crippen LogP contribution in [0.4, 0.5) is 11.4 Å². The molecule has 2 N–H and O–H groups in total. The fraction of sp³-hybridized carbons (Fsp3) is 0.256. The molecule has 2 unspecified atom stereocenters. The summed E-state index contributed by atoms with van der Waals surface area (Å²) in [4.78, 5) is 9.20. The first-order valence-corrected chi connectivity index (χ1v) is 16.7. The van der Waals surface area contributed by atoms with E-state index in [2.05, 4.69) is 67.6 Å². The van der Waals surface area contributed by atoms with Crippen molar-refractivity contribution in [2.75, 3.05) is 12.3 Å². The molecule has 0 aliphatic carbocycles. The van der Waals surface area contributed by atoms with Crippen LogP contribution in [0.25, 0.3) is 10.8 Å². The van der Waals surface area contributed by atoms with Crippen molar-refractivity contribution in [3.8, 4) is 11.5 Å². The van der Waals surface area contributed by atoms with Crippen LogP contribution in [0.3, 0.4) is 0 Å². The monoisotopic (exact) mass is 756 g/mol. The average Bonchev–Trinajstić information content (AvgIpc) is 3.02. The molecule has 0 heterocycles. The number of hydrogen-bond donors (Lipinski definition) is 2. The van der Waals surface area contributed by atoms with Crippen molar-refractivity contribution in [2.45, 2.75) is 53.9 Å². The molecule has 0 radical (unpaired) electrons. The molecule has 4 rings (SSSR count). The summed E-state index contributed by atoms with van der Waals surface area (Å²) in [6.07, 6.45) is 11.4. The van der Waals surface area contributed by atoms with Crippen molar-refractivity contribution in [1.82, 2.24) is 0 Å². The van der Waals surface area contributed by atoms with Crippen molar-refractivity contribution in [3.05, 3.63) is 126 Å². The number of aryl methyl sites for hydroxylation is 4. The SMILES string of the molecule is C=C=C.CC[CH-]CCP.Cc1cccc(C)c1N=Cc1ccc2ccc(C=Nc3c(C)cccc3C)c(O)c2c1O.[CH2-]CCP.[Ni].[Ni]. The topological polar surface area (TPSA) is 65.2 Å². The van der Waals surface area contributed by atoms with Gasteiger partial charge < -0.3 is 23.6 Å². The number of unbranched alkanes of at least 4 members (excludes halogenated alkanes) is 2. The largest absolute Gasteiger partial charge is 0.506 e. The molecule has 0 amide bonds. The number of hydrogen-bond acceptors (Lipinski definition) is 4. The van der Waals surface area contributed by atoms with E-state index in [9.17, 15) is 10.2 Å². The fourth-order valence-electron chi connectivity index (χ4n) is 4.23. The molecule has 0 fully saturated rings. The normalized spacial score (nSPS) is 9.96. The Morgan fingerprint density at radius 1 is 0.745 bits per heavy atom. The molecule has 0 aliphatic heterocycles. The maximum absolute atomic E-state index is 10.9. The minimum Gasteiger partial charge on any atom is -0.506 e. The van der Waals surface area contributed by atoms with Gasteiger partial charge >= 0.3 is 0 Å². The Hall–Kier alpha value is -2.55. The van der Waals surface area contributed by atoms with Crippen molar-refractivity contribution in [1.29, 1.82) is 0 Å². The molecule has 4 aromatic rings. The van der Waals surface area contributed by atoms with Gasteiger partial charge in [-0.25, -0.2) is 0 Å². The van der Waals surface area contributed by atoms with Crippen molar-refractivity contribution in [3.63, 3.8) is 0 Å². The van der Waals surface area contributed by atoms with Gasteiger partial charge in [-0.1, -0.05) is 80.9 Å². The number of aromatic hydroxyl groups is 2. The van der Waals surface area contributed by atoms with Gasteiger partial charge in [-0.15, -0.1) is 24.2 Å². The number of aliphatic imine (C=N–C) groups is 2. The Labute approximate surface area is 308 Å². The molecular formula is C39H50N2Ni2O2P2-2. The van der Waals surface area contributed by atoms with Gasteiger partial charge in [0, 0.05) is 56.5 Å². The minimum atomic E-state index is -0.00249. The number of phenols is 2. The minimum absolute atomic E-state index is 0. The van der Waals surface area contributed by atoms with Crippen LogP contribution in [0.15, 0.2) is 89.5 Å². The Bertz CT molecular complexity index is 1450. The second kappa shape index (κ2) is 26.4. The quantitative estimate of drug-likeness (QED) is 0.0469. The van der Waals surface area contributed by atoms with Gasteiger partial charge in [0.1, 0.15) is 11.5 Å². The van der Waals surface area contributed by atoms with E-state index in [0.717, 1.165) is 51.6 Å². The maximum Gasteiger partial charge on any atom is 0.135 e. The molecule has 0 aliphatic rings. The number of nitrogens with zero attached hydrogens (tertiary/aromatic N) is 2. The zero-order valence-electron chi connectivity index (χ0n) is 28.2. The number of para-hydroxylation sites is 2. The van der Waals surface area contributed by atoms with Crippen molar-refractivity contribution >= 4 is 53.1 Å². The maximum atomic E-state index is 10.9. The van der Waals surface area contributed by atoms with E-state index < -0.39 is 0 Å². The van der Waals surface area contributed by atoms with Crippen LogP contribution in [-0.2, 0) is 33.0 Å². The first-order valence-electron chi connectivity index (χ1n) is 15.1. The second-order valence-corrected chi connectivity index (χ2v) is 11.4. The fourth-order valence-corrected chi connectivity index (χ4v) is 4.47. The molecule has 0 spiro atoms. The van der Waals surface area contributed by atoms with E-state index in [4.69, 9.17) is 0 Å². The summed E-state index contributed by atoms with van der Waals surface area (Å²) < 4.78 is 0. The standard InChI is InChI=1S/C28H26N2O2.C5H12P.C3H8P.C3H4.2Ni/c1-17-7-5-8-18(2)25(17)29-15-22-13-11-21-12-14-23(28(32)24(21)27(22)31)16-30-26-19(3)9-6-10-20(26)4;1-2-3-4-5-6;1-2-3-4;1-3-2;;/h5-16,31-32H,1-4H3;3H,2,4-6H2,1H3;1-4H2;1-2H2;;/q;2*-1;;;. The molecule has 0 aromatic heterocycles. The zero-order valence-corrected chi connectivity index (χ0v) is 32.5. The molecule has 0 saturated heterocycles. The van der Waals surface area contributed by atoms with Crippen LogP contribution in [-0.4, -0.2) is 35.0 Å². The smallest absolute Gasteiger partial charge is 0.135 e. The summed E-state index contributed by atoms with van der Waals surface area (Å²) in [6, 6.07) is 19.4. The van der Waals surface area contributed by atoms with Crippen molar-refractivity contribution < 1.29 is 43.2 Å². The first kappa shape index (κ1) is 46.6. The molecule has 4 aromatic carbocycles. The molecule has 0 bridgehead atoms. The Balaban J connectivity index is 0. The zero-order chi connectivity index (χ0) is 33.8. The van der Waals surface area contributed by atoms with E-state index in [1.54, 1.807) is 24.6 Å². The third-order valence-electron chi connectivity index (χ3n) is 6.60. The third kappa shape index (κ3) is 15.5. The number of benzene rings is 4. The summed E-state index contributed by atoms with van der Waals surface area (Å²) in [6.45, 7) is 20.0. The van der Waals surface area contributed by atoms with Gasteiger partial charge in [0.15, 0.2) is 0 Å². The van der Waals surface area contributed by atoms with Gasteiger partial charge in [0.05, 0.1) is 16.8 Å². The second-order valence-electron chi connectivity index (χ2n) is 10.3. The average molecular weight is 758 g/mol. The molecular weight excluding hydrogens is 708 g/mol. The van der Waals surface area contributed by atoms with E-state index in [1.807, 2.05) is 76.2 Å². The summed E-state index contributed by atoms with van der Waals surface area (Å²) in [5.41, 5.74) is 9.35. The Morgan fingerprint density at radius 2 is 1.11 bits per heavy atom. The van der Waals surface area contributed by atoms with E-state index in [0.29, 0.717) is 16.5 Å². The van der Waals surface area contributed by atoms with Gasteiger partial charge in [-0.05, 0) is 67.5 Å². The molecule has 8 heteroatoms. The van der Waals surface area contributed by atoms with Gasteiger partial charge in [0.2, 0.25) is 0 Å². The molecule has 2 atom stereocenters. The number of fused-ring (bicyclic) bond motifs is 1.